The van der Waals surface area contributed by atoms with Crippen LogP contribution in [0.25, 0.3) is 0 Å². The van der Waals surface area contributed by atoms with Crippen LogP contribution in [-0.2, 0) is 14.3 Å². The van der Waals surface area contributed by atoms with Crippen molar-refractivity contribution in [1.29, 1.82) is 0 Å². The third-order valence-corrected chi connectivity index (χ3v) is 1.99. The molecule has 0 spiro atoms. The number of ether oxygens (including phenoxy) is 1. The summed E-state index contributed by atoms with van der Waals surface area (Å²) in [6, 6.07) is -0.623. The zero-order valence-electron chi connectivity index (χ0n) is 11.1. The lowest BCUT2D eigenvalue weighted by molar-refractivity contribution is -0.146. The molecule has 98 valence electrons. The molecule has 0 aliphatic carbocycles. The first-order valence-electron chi connectivity index (χ1n) is 5.42. The molecule has 0 saturated carbocycles. The van der Waals surface area contributed by atoms with Gasteiger partial charge in [0, 0.05) is 14.1 Å². The third kappa shape index (κ3) is 6.55. The largest absolute Gasteiger partial charge is 0.467 e. The van der Waals surface area contributed by atoms with E-state index in [9.17, 15) is 9.59 Å². The predicted octanol–water partition coefficient (Wildman–Crippen LogP) is -0.110. The van der Waals surface area contributed by atoms with Crippen molar-refractivity contribution >= 4 is 18.2 Å². The topological polar surface area (TPSA) is 71.0 Å². The molecule has 0 aliphatic heterocycles. The van der Waals surface area contributed by atoms with Gasteiger partial charge in [-0.3, -0.25) is 9.79 Å². The minimum Gasteiger partial charge on any atom is -0.467 e. The van der Waals surface area contributed by atoms with Crippen molar-refractivity contribution in [2.75, 3.05) is 27.7 Å². The Morgan fingerprint density at radius 2 is 2.00 bits per heavy atom. The third-order valence-electron chi connectivity index (χ3n) is 1.99. The maximum absolute atomic E-state index is 11.5. The highest BCUT2D eigenvalue weighted by atomic mass is 16.5. The lowest BCUT2D eigenvalue weighted by Gasteiger charge is -2.19. The van der Waals surface area contributed by atoms with Crippen molar-refractivity contribution in [2.45, 2.75) is 19.9 Å². The van der Waals surface area contributed by atoms with Gasteiger partial charge in [0.1, 0.15) is 12.6 Å². The van der Waals surface area contributed by atoms with Crippen LogP contribution in [0.1, 0.15) is 13.8 Å². The Morgan fingerprint density at radius 3 is 2.41 bits per heavy atom. The van der Waals surface area contributed by atoms with Crippen molar-refractivity contribution in [3.05, 3.63) is 0 Å². The highest BCUT2D eigenvalue weighted by Gasteiger charge is 2.24. The number of carbonyl (C=O) groups excluding carboxylic acids is 2. The molecule has 1 atom stereocenters. The van der Waals surface area contributed by atoms with E-state index in [1.807, 2.05) is 27.9 Å². The maximum atomic E-state index is 11.5. The average Bonchev–Trinajstić information content (AvgIpc) is 2.24. The van der Waals surface area contributed by atoms with Crippen LogP contribution in [0.4, 0.5) is 0 Å². The number of esters is 1. The molecule has 0 aliphatic rings. The van der Waals surface area contributed by atoms with E-state index in [4.69, 9.17) is 0 Å². The van der Waals surface area contributed by atoms with E-state index in [-0.39, 0.29) is 18.4 Å². The number of hydrogen-bond donors (Lipinski definition) is 1. The highest BCUT2D eigenvalue weighted by Crippen LogP contribution is 2.03. The van der Waals surface area contributed by atoms with E-state index in [1.165, 1.54) is 7.11 Å². The Hall–Kier alpha value is -1.59. The minimum atomic E-state index is -0.623. The zero-order valence-corrected chi connectivity index (χ0v) is 11.1. The van der Waals surface area contributed by atoms with Gasteiger partial charge in [0.05, 0.1) is 13.4 Å². The molecule has 0 aromatic rings. The van der Waals surface area contributed by atoms with Gasteiger partial charge in [-0.2, -0.15) is 0 Å². The number of hydrogen-bond acceptors (Lipinski definition) is 4. The van der Waals surface area contributed by atoms with Crippen molar-refractivity contribution in [2.24, 2.45) is 10.9 Å². The fourth-order valence-electron chi connectivity index (χ4n) is 1.13. The van der Waals surface area contributed by atoms with Gasteiger partial charge >= 0.3 is 5.97 Å². The molecule has 6 heteroatoms. The first-order chi connectivity index (χ1) is 7.88. The van der Waals surface area contributed by atoms with E-state index in [0.717, 1.165) is 0 Å². The molecular weight excluding hydrogens is 222 g/mol. The van der Waals surface area contributed by atoms with Crippen molar-refractivity contribution in [1.82, 2.24) is 10.2 Å². The summed E-state index contributed by atoms with van der Waals surface area (Å²) >= 11 is 0. The molecular formula is C11H21N3O3. The van der Waals surface area contributed by atoms with Gasteiger partial charge in [-0.15, -0.1) is 0 Å². The SMILES string of the molecule is COC(=O)C(NC(=O)CN=CN(C)C)C(C)C. The number of rotatable bonds is 6. The van der Waals surface area contributed by atoms with E-state index in [2.05, 4.69) is 15.0 Å². The second kappa shape index (κ2) is 7.65. The molecule has 0 heterocycles. The van der Waals surface area contributed by atoms with E-state index in [0.29, 0.717) is 0 Å². The van der Waals surface area contributed by atoms with E-state index >= 15 is 0 Å². The summed E-state index contributed by atoms with van der Waals surface area (Å²) < 4.78 is 4.62. The zero-order chi connectivity index (χ0) is 13.4. The van der Waals surface area contributed by atoms with Crippen LogP contribution < -0.4 is 5.32 Å². The van der Waals surface area contributed by atoms with Crippen molar-refractivity contribution in [3.8, 4) is 0 Å². The van der Waals surface area contributed by atoms with Crippen molar-refractivity contribution in [3.63, 3.8) is 0 Å². The number of nitrogens with one attached hydrogen (secondary N) is 1. The molecule has 0 aromatic carbocycles. The fourth-order valence-corrected chi connectivity index (χ4v) is 1.13. The highest BCUT2D eigenvalue weighted by molar-refractivity contribution is 5.86. The lowest BCUT2D eigenvalue weighted by Crippen LogP contribution is -2.45. The van der Waals surface area contributed by atoms with E-state index < -0.39 is 12.0 Å². The summed E-state index contributed by atoms with van der Waals surface area (Å²) in [4.78, 5) is 28.5. The van der Waals surface area contributed by atoms with Gasteiger partial charge in [-0.25, -0.2) is 4.79 Å². The molecule has 0 aromatic heterocycles. The average molecular weight is 243 g/mol. The number of methoxy groups -OCH3 is 1. The molecule has 17 heavy (non-hydrogen) atoms. The molecule has 0 radical (unpaired) electrons. The van der Waals surface area contributed by atoms with Gasteiger partial charge in [0.25, 0.3) is 0 Å². The monoisotopic (exact) mass is 243 g/mol. The van der Waals surface area contributed by atoms with Crippen LogP contribution in [0, 0.1) is 5.92 Å². The normalized spacial score (nSPS) is 12.6. The van der Waals surface area contributed by atoms with E-state index in [1.54, 1.807) is 11.2 Å². The second-order valence-corrected chi connectivity index (χ2v) is 4.23. The smallest absolute Gasteiger partial charge is 0.328 e. The van der Waals surface area contributed by atoms with Gasteiger partial charge in [-0.1, -0.05) is 13.8 Å². The Labute approximate surface area is 102 Å². The molecule has 0 bridgehead atoms. The molecule has 0 fully saturated rings. The van der Waals surface area contributed by atoms with Crippen LogP contribution in [0.15, 0.2) is 4.99 Å². The Bertz CT molecular complexity index is 288. The fraction of sp³-hybridized carbons (Fsp3) is 0.727. The van der Waals surface area contributed by atoms with Gasteiger partial charge in [-0.05, 0) is 5.92 Å². The Balaban J connectivity index is 4.27. The minimum absolute atomic E-state index is 0.00159. The molecule has 6 nitrogen and oxygen atoms in total. The van der Waals surface area contributed by atoms with Crippen LogP contribution >= 0.6 is 0 Å². The first kappa shape index (κ1) is 15.4. The molecule has 0 rings (SSSR count). The van der Waals surface area contributed by atoms with Crippen LogP contribution in [-0.4, -0.2) is 56.9 Å². The molecule has 1 unspecified atom stereocenters. The summed E-state index contributed by atoms with van der Waals surface area (Å²) in [6.07, 6.45) is 1.54. The molecule has 0 saturated heterocycles. The number of carbonyl (C=O) groups is 2. The Morgan fingerprint density at radius 1 is 1.41 bits per heavy atom. The summed E-state index contributed by atoms with van der Waals surface area (Å²) in [5.74, 6) is -0.763. The van der Waals surface area contributed by atoms with Gasteiger partial charge in [0.2, 0.25) is 5.91 Å². The summed E-state index contributed by atoms with van der Waals surface area (Å²) in [5, 5.41) is 2.60. The van der Waals surface area contributed by atoms with Crippen molar-refractivity contribution < 1.29 is 14.3 Å². The van der Waals surface area contributed by atoms with Gasteiger partial charge < -0.3 is 15.0 Å². The number of nitrogens with zero attached hydrogens (tertiary/aromatic N) is 2. The number of aliphatic imine (C=N–C) groups is 1. The van der Waals surface area contributed by atoms with Gasteiger partial charge in [0.15, 0.2) is 0 Å². The van der Waals surface area contributed by atoms with Crippen LogP contribution in [0.3, 0.4) is 0 Å². The molecule has 1 amide bonds. The predicted molar refractivity (Wildman–Crippen MR) is 65.8 cm³/mol. The summed E-state index contributed by atoms with van der Waals surface area (Å²) in [7, 11) is 4.92. The van der Waals surface area contributed by atoms with Crippen LogP contribution in [0.2, 0.25) is 0 Å². The lowest BCUT2D eigenvalue weighted by atomic mass is 10.0. The quantitative estimate of drug-likeness (QED) is 0.401. The molecule has 1 N–H and O–H groups in total. The summed E-state index contributed by atoms with van der Waals surface area (Å²) in [6.45, 7) is 3.67. The maximum Gasteiger partial charge on any atom is 0.328 e. The second-order valence-electron chi connectivity index (χ2n) is 4.23. The Kier molecular flexibility index (Phi) is 6.93. The number of amides is 1. The standard InChI is InChI=1S/C11H21N3O3/c1-8(2)10(11(16)17-5)13-9(15)6-12-7-14(3)4/h7-8,10H,6H2,1-5H3,(H,13,15). The first-order valence-corrected chi connectivity index (χ1v) is 5.42. The van der Waals surface area contributed by atoms with Crippen LogP contribution in [0.5, 0.6) is 0 Å². The summed E-state index contributed by atoms with van der Waals surface area (Å²) in [5.41, 5.74) is 0.